The van der Waals surface area contributed by atoms with E-state index >= 15 is 0 Å². The lowest BCUT2D eigenvalue weighted by Gasteiger charge is -2.04. The largest absolute Gasteiger partial charge is 0.494 e. The molecule has 4 nitrogen and oxygen atoms in total. The number of carbonyl (C=O) groups is 1. The maximum absolute atomic E-state index is 13.2. The van der Waals surface area contributed by atoms with Gasteiger partial charge in [0.05, 0.1) is 12.7 Å². The van der Waals surface area contributed by atoms with Crippen molar-refractivity contribution in [2.75, 3.05) is 7.11 Å². The molecule has 0 N–H and O–H groups in total. The molecule has 0 amide bonds. The number of methoxy groups -OCH3 is 1. The first-order valence-corrected chi connectivity index (χ1v) is 4.85. The lowest BCUT2D eigenvalue weighted by atomic mass is 10.2. The fraction of sp³-hybridized carbons (Fsp3) is 0.0833. The molecule has 0 aliphatic heterocycles. The minimum absolute atomic E-state index is 0.130. The number of carbonyl (C=O) groups excluding carboxylic acids is 1. The highest BCUT2D eigenvalue weighted by Crippen LogP contribution is 2.23. The molecule has 0 radical (unpaired) electrons. The molecule has 2 aromatic rings. The fourth-order valence-electron chi connectivity index (χ4n) is 1.35. The van der Waals surface area contributed by atoms with E-state index in [0.717, 1.165) is 0 Å². The maximum atomic E-state index is 13.2. The van der Waals surface area contributed by atoms with E-state index in [1.165, 1.54) is 31.6 Å². The van der Waals surface area contributed by atoms with Gasteiger partial charge in [0.1, 0.15) is 0 Å². The molecule has 0 bridgehead atoms. The second kappa shape index (κ2) is 4.69. The summed E-state index contributed by atoms with van der Waals surface area (Å²) >= 11 is 0. The van der Waals surface area contributed by atoms with Crippen molar-refractivity contribution in [2.45, 2.75) is 0 Å². The van der Waals surface area contributed by atoms with Gasteiger partial charge in [-0.15, -0.1) is 0 Å². The summed E-state index contributed by atoms with van der Waals surface area (Å²) in [5.74, 6) is 0.0974. The Balaban J connectivity index is 2.41. The topological polar surface area (TPSA) is 52.1 Å². The average Bonchev–Trinajstić information content (AvgIpc) is 2.39. The van der Waals surface area contributed by atoms with E-state index in [1.54, 1.807) is 6.07 Å². The van der Waals surface area contributed by atoms with Gasteiger partial charge in [0, 0.05) is 18.0 Å². The molecule has 0 aliphatic rings. The first-order chi connectivity index (χ1) is 8.24. The molecule has 1 heterocycles. The van der Waals surface area contributed by atoms with E-state index in [-0.39, 0.29) is 5.75 Å². The van der Waals surface area contributed by atoms with Crippen LogP contribution >= 0.6 is 0 Å². The Kier molecular flexibility index (Phi) is 3.09. The zero-order chi connectivity index (χ0) is 12.3. The first kappa shape index (κ1) is 11.2. The summed E-state index contributed by atoms with van der Waals surface area (Å²) in [7, 11) is 1.39. The van der Waals surface area contributed by atoms with Crippen molar-refractivity contribution < 1.29 is 13.9 Å². The van der Waals surface area contributed by atoms with Crippen LogP contribution in [0.2, 0.25) is 0 Å². The van der Waals surface area contributed by atoms with Gasteiger partial charge >= 0.3 is 0 Å². The molecule has 86 valence electrons. The van der Waals surface area contributed by atoms with Crippen LogP contribution in [0.1, 0.15) is 10.4 Å². The third kappa shape index (κ3) is 2.28. The van der Waals surface area contributed by atoms with Crippen LogP contribution < -0.4 is 4.74 Å². The molecule has 0 aliphatic carbocycles. The van der Waals surface area contributed by atoms with Crippen LogP contribution in [0.5, 0.6) is 5.75 Å². The second-order valence-corrected chi connectivity index (χ2v) is 3.31. The summed E-state index contributed by atoms with van der Waals surface area (Å²) in [6.07, 6.45) is 3.48. The summed E-state index contributed by atoms with van der Waals surface area (Å²) in [5, 5.41) is 0. The van der Waals surface area contributed by atoms with Gasteiger partial charge in [-0.05, 0) is 18.2 Å². The second-order valence-electron chi connectivity index (χ2n) is 3.31. The molecule has 0 saturated heterocycles. The Morgan fingerprint density at radius 1 is 1.29 bits per heavy atom. The van der Waals surface area contributed by atoms with Crippen LogP contribution in [0, 0.1) is 5.82 Å². The Morgan fingerprint density at radius 2 is 2.00 bits per heavy atom. The van der Waals surface area contributed by atoms with Crippen LogP contribution in [-0.2, 0) is 0 Å². The monoisotopic (exact) mass is 232 g/mol. The Hall–Kier alpha value is -2.30. The highest BCUT2D eigenvalue weighted by atomic mass is 19.1. The summed E-state index contributed by atoms with van der Waals surface area (Å²) in [5.41, 5.74) is 1.02. The molecule has 2 rings (SSSR count). The van der Waals surface area contributed by atoms with Crippen molar-refractivity contribution in [2.24, 2.45) is 0 Å². The Morgan fingerprint density at radius 3 is 2.59 bits per heavy atom. The maximum Gasteiger partial charge on any atom is 0.165 e. The predicted molar refractivity (Wildman–Crippen MR) is 59.4 cm³/mol. The van der Waals surface area contributed by atoms with Crippen molar-refractivity contribution >= 4 is 6.29 Å². The molecule has 0 atom stereocenters. The van der Waals surface area contributed by atoms with Crippen LogP contribution in [-0.4, -0.2) is 23.4 Å². The van der Waals surface area contributed by atoms with Gasteiger partial charge in [0.15, 0.2) is 23.7 Å². The van der Waals surface area contributed by atoms with E-state index in [0.29, 0.717) is 23.2 Å². The molecular weight excluding hydrogens is 223 g/mol. The lowest BCUT2D eigenvalue weighted by Crippen LogP contribution is -1.93. The van der Waals surface area contributed by atoms with E-state index in [9.17, 15) is 9.18 Å². The standard InChI is InChI=1S/C12H9FN2O2/c1-17-11-4-9(2-3-10(11)13)12-14-5-8(7-16)6-15-12/h2-7H,1H3. The van der Waals surface area contributed by atoms with Gasteiger partial charge in [-0.2, -0.15) is 0 Å². The van der Waals surface area contributed by atoms with Gasteiger partial charge in [0.2, 0.25) is 0 Å². The van der Waals surface area contributed by atoms with Crippen LogP contribution in [0.25, 0.3) is 11.4 Å². The number of nitrogens with zero attached hydrogens (tertiary/aromatic N) is 2. The number of aromatic nitrogens is 2. The molecular formula is C12H9FN2O2. The van der Waals surface area contributed by atoms with E-state index in [1.807, 2.05) is 0 Å². The fourth-order valence-corrected chi connectivity index (χ4v) is 1.35. The van der Waals surface area contributed by atoms with E-state index in [2.05, 4.69) is 9.97 Å². The molecule has 17 heavy (non-hydrogen) atoms. The third-order valence-corrected chi connectivity index (χ3v) is 2.22. The number of rotatable bonds is 3. The third-order valence-electron chi connectivity index (χ3n) is 2.22. The van der Waals surface area contributed by atoms with Gasteiger partial charge in [-0.25, -0.2) is 14.4 Å². The van der Waals surface area contributed by atoms with Crippen LogP contribution in [0.4, 0.5) is 4.39 Å². The summed E-state index contributed by atoms with van der Waals surface area (Å²) in [6.45, 7) is 0. The molecule has 0 saturated carbocycles. The van der Waals surface area contributed by atoms with Crippen molar-refractivity contribution in [3.05, 3.63) is 42.0 Å². The number of benzene rings is 1. The van der Waals surface area contributed by atoms with Gasteiger partial charge in [0.25, 0.3) is 0 Å². The number of hydrogen-bond donors (Lipinski definition) is 0. The molecule has 1 aromatic heterocycles. The zero-order valence-electron chi connectivity index (χ0n) is 9.05. The Labute approximate surface area is 97.1 Å². The molecule has 0 unspecified atom stereocenters. The highest BCUT2D eigenvalue weighted by Gasteiger charge is 2.07. The summed E-state index contributed by atoms with van der Waals surface area (Å²) < 4.78 is 18.1. The normalized spacial score (nSPS) is 10.0. The zero-order valence-corrected chi connectivity index (χ0v) is 9.05. The van der Waals surface area contributed by atoms with Crippen LogP contribution in [0.3, 0.4) is 0 Å². The molecule has 1 aromatic carbocycles. The number of aldehydes is 1. The summed E-state index contributed by atoms with van der Waals surface area (Å²) in [4.78, 5) is 18.5. The molecule has 5 heteroatoms. The Bertz CT molecular complexity index is 541. The number of halogens is 1. The highest BCUT2D eigenvalue weighted by molar-refractivity contribution is 5.74. The first-order valence-electron chi connectivity index (χ1n) is 4.85. The summed E-state index contributed by atoms with van der Waals surface area (Å²) in [6, 6.07) is 4.34. The average molecular weight is 232 g/mol. The van der Waals surface area contributed by atoms with Gasteiger partial charge in [-0.1, -0.05) is 0 Å². The minimum Gasteiger partial charge on any atom is -0.494 e. The van der Waals surface area contributed by atoms with Crippen molar-refractivity contribution in [3.8, 4) is 17.1 Å². The predicted octanol–water partition coefficient (Wildman–Crippen LogP) is 2.10. The lowest BCUT2D eigenvalue weighted by molar-refractivity contribution is 0.112. The molecule has 0 fully saturated rings. The van der Waals surface area contributed by atoms with Crippen LogP contribution in [0.15, 0.2) is 30.6 Å². The SMILES string of the molecule is COc1cc(-c2ncc(C=O)cn2)ccc1F. The van der Waals surface area contributed by atoms with Crippen molar-refractivity contribution in [1.29, 1.82) is 0 Å². The van der Waals surface area contributed by atoms with Gasteiger partial charge in [-0.3, -0.25) is 4.79 Å². The van der Waals surface area contributed by atoms with Gasteiger partial charge < -0.3 is 4.74 Å². The molecule has 0 spiro atoms. The van der Waals surface area contributed by atoms with Crippen molar-refractivity contribution in [3.63, 3.8) is 0 Å². The van der Waals surface area contributed by atoms with E-state index in [4.69, 9.17) is 4.74 Å². The quantitative estimate of drug-likeness (QED) is 0.760. The number of ether oxygens (including phenoxy) is 1. The number of hydrogen-bond acceptors (Lipinski definition) is 4. The van der Waals surface area contributed by atoms with E-state index < -0.39 is 5.82 Å². The smallest absolute Gasteiger partial charge is 0.165 e. The minimum atomic E-state index is -0.444. The van der Waals surface area contributed by atoms with Crippen molar-refractivity contribution in [1.82, 2.24) is 9.97 Å².